The van der Waals surface area contributed by atoms with Crippen molar-refractivity contribution in [2.24, 2.45) is 11.8 Å². The van der Waals surface area contributed by atoms with E-state index in [0.29, 0.717) is 31.9 Å². The number of aryl methyl sites for hydroxylation is 2. The Hall–Kier alpha value is -2.15. The lowest BCUT2D eigenvalue weighted by Gasteiger charge is -2.20. The summed E-state index contributed by atoms with van der Waals surface area (Å²) in [4.78, 5) is 33.2. The number of hydrogen-bond acceptors (Lipinski definition) is 5. The number of carbonyl (C=O) groups is 2. The Bertz CT molecular complexity index is 797. The second-order valence-corrected chi connectivity index (χ2v) is 7.63. The molecule has 4 rings (SSSR count). The first-order chi connectivity index (χ1) is 11.5. The van der Waals surface area contributed by atoms with Gasteiger partial charge in [-0.2, -0.15) is 0 Å². The molecular weight excluding hydrogens is 326 g/mol. The lowest BCUT2D eigenvalue weighted by molar-refractivity contribution is -0.131. The van der Waals surface area contributed by atoms with E-state index >= 15 is 0 Å². The molecule has 126 valence electrons. The van der Waals surface area contributed by atoms with Gasteiger partial charge in [-0.15, -0.1) is 11.3 Å². The molecule has 2 aromatic heterocycles. The Morgan fingerprint density at radius 2 is 2.17 bits per heavy atom. The summed E-state index contributed by atoms with van der Waals surface area (Å²) in [5.41, 5.74) is 0.949. The molecule has 2 aliphatic heterocycles. The standard InChI is InChI=1S/C17H19N3O3S/c1-10-3-4-15(23-10)17(22)20-6-12-5-19(16(21)14(12)8-20)7-13-9-24-11(2)18-13/h3-4,9,12,14H,5-8H2,1-2H3/t12-,14+/m1/s1. The van der Waals surface area contributed by atoms with E-state index in [1.54, 1.807) is 28.4 Å². The van der Waals surface area contributed by atoms with Crippen molar-refractivity contribution >= 4 is 23.2 Å². The highest BCUT2D eigenvalue weighted by Crippen LogP contribution is 2.34. The number of carbonyl (C=O) groups excluding carboxylic acids is 2. The van der Waals surface area contributed by atoms with E-state index < -0.39 is 0 Å². The molecule has 0 saturated carbocycles. The lowest BCUT2D eigenvalue weighted by atomic mass is 10.0. The smallest absolute Gasteiger partial charge is 0.289 e. The van der Waals surface area contributed by atoms with Gasteiger partial charge in [0.25, 0.3) is 5.91 Å². The van der Waals surface area contributed by atoms with Gasteiger partial charge in [-0.25, -0.2) is 4.98 Å². The van der Waals surface area contributed by atoms with Gasteiger partial charge in [0.05, 0.1) is 23.2 Å². The van der Waals surface area contributed by atoms with Crippen LogP contribution < -0.4 is 0 Å². The van der Waals surface area contributed by atoms with Crippen LogP contribution in [0.1, 0.15) is 27.0 Å². The van der Waals surface area contributed by atoms with Gasteiger partial charge in [-0.05, 0) is 26.0 Å². The Kier molecular flexibility index (Phi) is 3.68. The van der Waals surface area contributed by atoms with Crippen LogP contribution in [0.3, 0.4) is 0 Å². The largest absolute Gasteiger partial charge is 0.456 e. The van der Waals surface area contributed by atoms with Gasteiger partial charge in [-0.3, -0.25) is 9.59 Å². The second kappa shape index (κ2) is 5.73. The van der Waals surface area contributed by atoms with E-state index in [4.69, 9.17) is 4.42 Å². The molecule has 0 unspecified atom stereocenters. The Balaban J connectivity index is 1.41. The van der Waals surface area contributed by atoms with Gasteiger partial charge >= 0.3 is 0 Å². The predicted molar refractivity (Wildman–Crippen MR) is 88.6 cm³/mol. The molecule has 0 spiro atoms. The Morgan fingerprint density at radius 1 is 1.33 bits per heavy atom. The van der Waals surface area contributed by atoms with Crippen LogP contribution in [0.2, 0.25) is 0 Å². The SMILES string of the molecule is Cc1ccc(C(=O)N2C[C@H]3CN(Cc4csc(C)n4)C(=O)[C@H]3C2)o1. The fourth-order valence-corrected chi connectivity index (χ4v) is 4.24. The fraction of sp³-hybridized carbons (Fsp3) is 0.471. The first kappa shape index (κ1) is 15.4. The highest BCUT2D eigenvalue weighted by Gasteiger charge is 2.47. The minimum Gasteiger partial charge on any atom is -0.456 e. The maximum Gasteiger partial charge on any atom is 0.289 e. The summed E-state index contributed by atoms with van der Waals surface area (Å²) >= 11 is 1.60. The fourth-order valence-electron chi connectivity index (χ4n) is 3.63. The molecule has 2 amide bonds. The number of furan rings is 1. The molecule has 6 nitrogen and oxygen atoms in total. The van der Waals surface area contributed by atoms with Gasteiger partial charge in [0, 0.05) is 30.9 Å². The number of nitrogens with zero attached hydrogens (tertiary/aromatic N) is 3. The normalized spacial score (nSPS) is 23.2. The third-order valence-electron chi connectivity index (χ3n) is 4.78. The Labute approximate surface area is 144 Å². The zero-order valence-corrected chi connectivity index (χ0v) is 14.5. The molecule has 2 atom stereocenters. The number of fused-ring (bicyclic) bond motifs is 1. The predicted octanol–water partition coefficient (Wildman–Crippen LogP) is 2.08. The number of amides is 2. The van der Waals surface area contributed by atoms with Crippen molar-refractivity contribution in [2.75, 3.05) is 19.6 Å². The highest BCUT2D eigenvalue weighted by atomic mass is 32.1. The van der Waals surface area contributed by atoms with Crippen molar-refractivity contribution in [1.82, 2.24) is 14.8 Å². The first-order valence-electron chi connectivity index (χ1n) is 8.07. The Morgan fingerprint density at radius 3 is 2.79 bits per heavy atom. The van der Waals surface area contributed by atoms with Crippen molar-refractivity contribution in [2.45, 2.75) is 20.4 Å². The van der Waals surface area contributed by atoms with Crippen molar-refractivity contribution < 1.29 is 14.0 Å². The van der Waals surface area contributed by atoms with Gasteiger partial charge in [0.1, 0.15) is 5.76 Å². The molecule has 0 N–H and O–H groups in total. The number of rotatable bonds is 3. The van der Waals surface area contributed by atoms with Crippen molar-refractivity contribution in [1.29, 1.82) is 0 Å². The molecule has 2 saturated heterocycles. The molecule has 2 fully saturated rings. The van der Waals surface area contributed by atoms with Crippen LogP contribution >= 0.6 is 11.3 Å². The maximum atomic E-state index is 12.6. The summed E-state index contributed by atoms with van der Waals surface area (Å²) in [6, 6.07) is 3.48. The van der Waals surface area contributed by atoms with Gasteiger partial charge in [-0.1, -0.05) is 0 Å². The quantitative estimate of drug-likeness (QED) is 0.854. The van der Waals surface area contributed by atoms with E-state index in [0.717, 1.165) is 16.5 Å². The summed E-state index contributed by atoms with van der Waals surface area (Å²) in [7, 11) is 0. The van der Waals surface area contributed by atoms with Crippen molar-refractivity contribution in [3.63, 3.8) is 0 Å². The first-order valence-corrected chi connectivity index (χ1v) is 8.94. The van der Waals surface area contributed by atoms with Gasteiger partial charge in [0.15, 0.2) is 5.76 Å². The van der Waals surface area contributed by atoms with E-state index in [2.05, 4.69) is 4.98 Å². The summed E-state index contributed by atoms with van der Waals surface area (Å²) in [5, 5.41) is 3.02. The van der Waals surface area contributed by atoms with E-state index in [9.17, 15) is 9.59 Å². The van der Waals surface area contributed by atoms with Crippen LogP contribution in [0.4, 0.5) is 0 Å². The summed E-state index contributed by atoms with van der Waals surface area (Å²) in [6.07, 6.45) is 0. The topological polar surface area (TPSA) is 66.7 Å². The molecule has 2 aromatic rings. The minimum absolute atomic E-state index is 0.0928. The summed E-state index contributed by atoms with van der Waals surface area (Å²) in [5.74, 6) is 1.21. The monoisotopic (exact) mass is 345 g/mol. The molecule has 0 radical (unpaired) electrons. The minimum atomic E-state index is -0.119. The highest BCUT2D eigenvalue weighted by molar-refractivity contribution is 7.09. The molecule has 7 heteroatoms. The van der Waals surface area contributed by atoms with Crippen LogP contribution in [0.25, 0.3) is 0 Å². The number of thiazole rings is 1. The van der Waals surface area contributed by atoms with Gasteiger partial charge < -0.3 is 14.2 Å². The molecule has 2 aliphatic rings. The average Bonchev–Trinajstić information content (AvgIpc) is 3.29. The molecule has 0 aromatic carbocycles. The number of hydrogen-bond donors (Lipinski definition) is 0. The summed E-state index contributed by atoms with van der Waals surface area (Å²) in [6.45, 7) is 6.14. The zero-order chi connectivity index (χ0) is 16.8. The van der Waals surface area contributed by atoms with Crippen LogP contribution in [-0.2, 0) is 11.3 Å². The van der Waals surface area contributed by atoms with Crippen LogP contribution in [0.5, 0.6) is 0 Å². The molecule has 4 heterocycles. The van der Waals surface area contributed by atoms with Crippen molar-refractivity contribution in [3.8, 4) is 0 Å². The average molecular weight is 345 g/mol. The van der Waals surface area contributed by atoms with Crippen molar-refractivity contribution in [3.05, 3.63) is 39.7 Å². The summed E-state index contributed by atoms with van der Waals surface area (Å²) < 4.78 is 5.42. The van der Waals surface area contributed by atoms with Crippen LogP contribution in [0, 0.1) is 25.7 Å². The zero-order valence-electron chi connectivity index (χ0n) is 13.7. The van der Waals surface area contributed by atoms with E-state index in [-0.39, 0.29) is 23.7 Å². The van der Waals surface area contributed by atoms with Crippen LogP contribution in [0.15, 0.2) is 21.9 Å². The third-order valence-corrected chi connectivity index (χ3v) is 5.60. The van der Waals surface area contributed by atoms with Crippen LogP contribution in [-0.4, -0.2) is 46.2 Å². The molecular formula is C17H19N3O3S. The van der Waals surface area contributed by atoms with E-state index in [1.807, 2.05) is 24.1 Å². The lowest BCUT2D eigenvalue weighted by Crippen LogP contribution is -2.35. The number of likely N-dealkylation sites (tertiary alicyclic amines) is 2. The van der Waals surface area contributed by atoms with E-state index in [1.165, 1.54) is 0 Å². The maximum absolute atomic E-state index is 12.6. The molecule has 0 bridgehead atoms. The molecule has 24 heavy (non-hydrogen) atoms. The number of aromatic nitrogens is 1. The second-order valence-electron chi connectivity index (χ2n) is 6.56. The molecule has 0 aliphatic carbocycles. The van der Waals surface area contributed by atoms with Gasteiger partial charge in [0.2, 0.25) is 5.91 Å². The third kappa shape index (κ3) is 2.62.